The number of aliphatic imine (C=N–C) groups is 1. The minimum absolute atomic E-state index is 0. The fraction of sp³-hybridized carbons (Fsp3) is 0.611. The van der Waals surface area contributed by atoms with Gasteiger partial charge in [-0.2, -0.15) is 0 Å². The van der Waals surface area contributed by atoms with E-state index < -0.39 is 0 Å². The molecule has 2 unspecified atom stereocenters. The van der Waals surface area contributed by atoms with Crippen molar-refractivity contribution in [3.8, 4) is 0 Å². The summed E-state index contributed by atoms with van der Waals surface area (Å²) >= 11 is 6.04. The third-order valence-corrected chi connectivity index (χ3v) is 4.30. The fourth-order valence-corrected chi connectivity index (χ4v) is 2.80. The zero-order valence-corrected chi connectivity index (χ0v) is 18.1. The molecule has 1 fully saturated rings. The highest BCUT2D eigenvalue weighted by Crippen LogP contribution is 2.17. The van der Waals surface area contributed by atoms with Gasteiger partial charge < -0.3 is 20.1 Å². The van der Waals surface area contributed by atoms with E-state index in [1.165, 1.54) is 0 Å². The van der Waals surface area contributed by atoms with Crippen molar-refractivity contribution in [1.82, 2.24) is 10.6 Å². The number of hydrogen-bond donors (Lipinski definition) is 2. The molecule has 0 saturated carbocycles. The number of nitrogens with zero attached hydrogens (tertiary/aromatic N) is 1. The second-order valence-corrected chi connectivity index (χ2v) is 6.51. The van der Waals surface area contributed by atoms with Gasteiger partial charge in [-0.1, -0.05) is 23.7 Å². The molecule has 0 aliphatic carbocycles. The second-order valence-electron chi connectivity index (χ2n) is 6.08. The van der Waals surface area contributed by atoms with E-state index in [1.54, 1.807) is 7.05 Å². The zero-order valence-electron chi connectivity index (χ0n) is 15.0. The third-order valence-electron chi connectivity index (χ3n) is 4.06. The van der Waals surface area contributed by atoms with Gasteiger partial charge in [0.1, 0.15) is 0 Å². The summed E-state index contributed by atoms with van der Waals surface area (Å²) in [4.78, 5) is 4.26. The number of ether oxygens (including phenoxy) is 2. The first kappa shape index (κ1) is 22.5. The number of hydrogen-bond acceptors (Lipinski definition) is 3. The molecular formula is C18H29ClIN3O2. The van der Waals surface area contributed by atoms with Crippen molar-refractivity contribution in [2.75, 3.05) is 40.0 Å². The summed E-state index contributed by atoms with van der Waals surface area (Å²) in [6.07, 6.45) is 2.07. The molecule has 0 bridgehead atoms. The summed E-state index contributed by atoms with van der Waals surface area (Å²) in [7, 11) is 1.77. The van der Waals surface area contributed by atoms with Gasteiger partial charge in [-0.15, -0.1) is 24.0 Å². The van der Waals surface area contributed by atoms with Crippen molar-refractivity contribution in [3.63, 3.8) is 0 Å². The van der Waals surface area contributed by atoms with Crippen LogP contribution >= 0.6 is 35.6 Å². The minimum Gasteiger partial charge on any atom is -0.381 e. The zero-order chi connectivity index (χ0) is 17.2. The summed E-state index contributed by atoms with van der Waals surface area (Å²) in [6.45, 7) is 6.19. The summed E-state index contributed by atoms with van der Waals surface area (Å²) in [5.74, 6) is 1.36. The fourth-order valence-electron chi connectivity index (χ4n) is 2.60. The topological polar surface area (TPSA) is 54.9 Å². The van der Waals surface area contributed by atoms with Gasteiger partial charge in [-0.05, 0) is 37.5 Å². The van der Waals surface area contributed by atoms with Gasteiger partial charge >= 0.3 is 0 Å². The van der Waals surface area contributed by atoms with E-state index in [0.29, 0.717) is 5.92 Å². The number of halogens is 2. The standard InChI is InChI=1S/C18H28ClN3O2.HI/c1-14(16-5-3-6-17(19)11-16)22-18(20-2)21-8-4-9-23-12-15-7-10-24-13-15;/h3,5-6,11,14-15H,4,7-10,12-13H2,1-2H3,(H2,20,21,22);1H. The summed E-state index contributed by atoms with van der Waals surface area (Å²) in [5, 5.41) is 7.43. The summed E-state index contributed by atoms with van der Waals surface area (Å²) in [6, 6.07) is 7.99. The molecule has 142 valence electrons. The van der Waals surface area contributed by atoms with Crippen molar-refractivity contribution in [3.05, 3.63) is 34.9 Å². The molecule has 1 aromatic carbocycles. The van der Waals surface area contributed by atoms with E-state index >= 15 is 0 Å². The maximum atomic E-state index is 6.04. The predicted molar refractivity (Wildman–Crippen MR) is 114 cm³/mol. The highest BCUT2D eigenvalue weighted by atomic mass is 127. The Bertz CT molecular complexity index is 525. The second kappa shape index (κ2) is 12.7. The highest BCUT2D eigenvalue weighted by molar-refractivity contribution is 14.0. The Morgan fingerprint density at radius 1 is 1.48 bits per heavy atom. The Hall–Kier alpha value is -0.570. The average molecular weight is 482 g/mol. The predicted octanol–water partition coefficient (Wildman–Crippen LogP) is 3.63. The van der Waals surface area contributed by atoms with Crippen LogP contribution in [0.3, 0.4) is 0 Å². The Morgan fingerprint density at radius 2 is 2.32 bits per heavy atom. The molecule has 0 radical (unpaired) electrons. The molecule has 2 rings (SSSR count). The van der Waals surface area contributed by atoms with E-state index in [9.17, 15) is 0 Å². The number of benzene rings is 1. The smallest absolute Gasteiger partial charge is 0.191 e. The first-order chi connectivity index (χ1) is 11.7. The molecule has 1 heterocycles. The van der Waals surface area contributed by atoms with Gasteiger partial charge in [-0.3, -0.25) is 4.99 Å². The monoisotopic (exact) mass is 481 g/mol. The van der Waals surface area contributed by atoms with Crippen LogP contribution < -0.4 is 10.6 Å². The lowest BCUT2D eigenvalue weighted by Gasteiger charge is -2.18. The molecule has 2 atom stereocenters. The van der Waals surface area contributed by atoms with Gasteiger partial charge in [0.25, 0.3) is 0 Å². The highest BCUT2D eigenvalue weighted by Gasteiger charge is 2.15. The summed E-state index contributed by atoms with van der Waals surface area (Å²) in [5.41, 5.74) is 1.13. The maximum Gasteiger partial charge on any atom is 0.191 e. The van der Waals surface area contributed by atoms with Gasteiger partial charge in [-0.25, -0.2) is 0 Å². The normalized spacial score (nSPS) is 18.5. The van der Waals surface area contributed by atoms with Crippen LogP contribution in [0.2, 0.25) is 5.02 Å². The lowest BCUT2D eigenvalue weighted by Crippen LogP contribution is -2.39. The molecule has 1 aliphatic heterocycles. The van der Waals surface area contributed by atoms with Gasteiger partial charge in [0, 0.05) is 37.7 Å². The molecule has 7 heteroatoms. The quantitative estimate of drug-likeness (QED) is 0.258. The molecular weight excluding hydrogens is 453 g/mol. The van der Waals surface area contributed by atoms with Gasteiger partial charge in [0.2, 0.25) is 0 Å². The van der Waals surface area contributed by atoms with Crippen molar-refractivity contribution in [1.29, 1.82) is 0 Å². The van der Waals surface area contributed by atoms with Crippen LogP contribution in [0.5, 0.6) is 0 Å². The lowest BCUT2D eigenvalue weighted by atomic mass is 10.1. The van der Waals surface area contributed by atoms with Crippen molar-refractivity contribution >= 4 is 41.5 Å². The van der Waals surface area contributed by atoms with Crippen LogP contribution in [0.15, 0.2) is 29.3 Å². The van der Waals surface area contributed by atoms with E-state index in [4.69, 9.17) is 21.1 Å². The minimum atomic E-state index is 0. The summed E-state index contributed by atoms with van der Waals surface area (Å²) < 4.78 is 11.0. The van der Waals surface area contributed by atoms with Crippen molar-refractivity contribution in [2.45, 2.75) is 25.8 Å². The van der Waals surface area contributed by atoms with Crippen LogP contribution in [-0.4, -0.2) is 46.0 Å². The number of nitrogens with one attached hydrogen (secondary N) is 2. The molecule has 1 aromatic rings. The molecule has 2 N–H and O–H groups in total. The van der Waals surface area contributed by atoms with Crippen LogP contribution in [-0.2, 0) is 9.47 Å². The Morgan fingerprint density at radius 3 is 3.00 bits per heavy atom. The molecule has 1 saturated heterocycles. The molecule has 0 spiro atoms. The van der Waals surface area contributed by atoms with Crippen molar-refractivity contribution < 1.29 is 9.47 Å². The van der Waals surface area contributed by atoms with Crippen LogP contribution in [0.25, 0.3) is 0 Å². The molecule has 0 amide bonds. The SMILES string of the molecule is CN=C(NCCCOCC1CCOC1)NC(C)c1cccc(Cl)c1.I. The Labute approximate surface area is 172 Å². The van der Waals surface area contributed by atoms with E-state index in [2.05, 4.69) is 28.6 Å². The van der Waals surface area contributed by atoms with Crippen LogP contribution in [0.1, 0.15) is 31.4 Å². The average Bonchev–Trinajstić information content (AvgIpc) is 3.10. The molecule has 0 aromatic heterocycles. The number of guanidine groups is 1. The largest absolute Gasteiger partial charge is 0.381 e. The Kier molecular flexibility index (Phi) is 11.4. The first-order valence-electron chi connectivity index (χ1n) is 8.57. The molecule has 5 nitrogen and oxygen atoms in total. The third kappa shape index (κ3) is 8.57. The van der Waals surface area contributed by atoms with Gasteiger partial charge in [0.15, 0.2) is 5.96 Å². The first-order valence-corrected chi connectivity index (χ1v) is 8.95. The van der Waals surface area contributed by atoms with E-state index in [-0.39, 0.29) is 30.0 Å². The number of rotatable bonds is 8. The molecule has 25 heavy (non-hydrogen) atoms. The van der Waals surface area contributed by atoms with Crippen LogP contribution in [0, 0.1) is 5.92 Å². The lowest BCUT2D eigenvalue weighted by molar-refractivity contribution is 0.0888. The van der Waals surface area contributed by atoms with Crippen LogP contribution in [0.4, 0.5) is 0 Å². The van der Waals surface area contributed by atoms with E-state index in [0.717, 1.165) is 62.4 Å². The van der Waals surface area contributed by atoms with Crippen molar-refractivity contribution in [2.24, 2.45) is 10.9 Å². The van der Waals surface area contributed by atoms with Gasteiger partial charge in [0.05, 0.1) is 19.3 Å². The molecule has 1 aliphatic rings. The maximum absolute atomic E-state index is 6.04. The van der Waals surface area contributed by atoms with E-state index in [1.807, 2.05) is 18.2 Å². The Balaban J connectivity index is 0.00000312.